The van der Waals surface area contributed by atoms with Crippen molar-refractivity contribution in [1.29, 1.82) is 0 Å². The van der Waals surface area contributed by atoms with Crippen LogP contribution >= 0.6 is 0 Å². The number of hydrogen-bond donors (Lipinski definition) is 0. The van der Waals surface area contributed by atoms with Crippen molar-refractivity contribution < 1.29 is 13.2 Å². The number of rotatable bonds is 3. The number of benzene rings is 3. The van der Waals surface area contributed by atoms with Gasteiger partial charge >= 0.3 is 0 Å². The summed E-state index contributed by atoms with van der Waals surface area (Å²) in [4.78, 5) is 15.1. The third-order valence-corrected chi connectivity index (χ3v) is 8.07. The molecule has 5 rings (SSSR count). The maximum atomic E-state index is 13.3. The second-order valence-corrected chi connectivity index (χ2v) is 10.1. The van der Waals surface area contributed by atoms with Gasteiger partial charge in [-0.3, -0.25) is 4.79 Å². The predicted molar refractivity (Wildman–Crippen MR) is 119 cm³/mol. The van der Waals surface area contributed by atoms with Crippen LogP contribution in [0.15, 0.2) is 77.7 Å². The molecule has 158 valence electrons. The van der Waals surface area contributed by atoms with Gasteiger partial charge in [0.25, 0.3) is 5.91 Å². The zero-order valence-corrected chi connectivity index (χ0v) is 18.0. The molecule has 2 heterocycles. The molecule has 0 atom stereocenters. The first kappa shape index (κ1) is 20.0. The highest BCUT2D eigenvalue weighted by atomic mass is 32.2. The summed E-state index contributed by atoms with van der Waals surface area (Å²) in [6.07, 6.45) is 1.51. The van der Waals surface area contributed by atoms with E-state index in [1.807, 2.05) is 36.4 Å². The molecule has 0 saturated heterocycles. The van der Waals surface area contributed by atoms with Crippen LogP contribution in [0.25, 0.3) is 0 Å². The van der Waals surface area contributed by atoms with Gasteiger partial charge in [-0.15, -0.1) is 0 Å². The second-order valence-electron chi connectivity index (χ2n) is 8.13. The molecule has 3 aromatic carbocycles. The van der Waals surface area contributed by atoms with E-state index in [9.17, 15) is 13.2 Å². The number of carbonyl (C=O) groups excluding carboxylic acids is 1. The molecule has 0 aliphatic carbocycles. The third kappa shape index (κ3) is 3.77. The predicted octanol–water partition coefficient (Wildman–Crippen LogP) is 3.63. The van der Waals surface area contributed by atoms with Gasteiger partial charge in [0.2, 0.25) is 10.0 Å². The van der Waals surface area contributed by atoms with Crippen molar-refractivity contribution in [2.24, 2.45) is 0 Å². The topological polar surface area (TPSA) is 57.7 Å². The molecule has 31 heavy (non-hydrogen) atoms. The van der Waals surface area contributed by atoms with Gasteiger partial charge in [0.15, 0.2) is 0 Å². The van der Waals surface area contributed by atoms with E-state index in [2.05, 4.69) is 12.1 Å². The van der Waals surface area contributed by atoms with Crippen LogP contribution < -0.4 is 0 Å². The Labute approximate surface area is 183 Å². The Morgan fingerprint density at radius 2 is 1.32 bits per heavy atom. The molecule has 0 bridgehead atoms. The van der Waals surface area contributed by atoms with Crippen LogP contribution in [-0.2, 0) is 36.0 Å². The summed E-state index contributed by atoms with van der Waals surface area (Å²) >= 11 is 0. The van der Waals surface area contributed by atoms with Gasteiger partial charge in [0.05, 0.1) is 4.90 Å². The van der Waals surface area contributed by atoms with Gasteiger partial charge in [-0.05, 0) is 53.3 Å². The second kappa shape index (κ2) is 7.94. The van der Waals surface area contributed by atoms with Crippen LogP contribution in [0.3, 0.4) is 0 Å². The lowest BCUT2D eigenvalue weighted by atomic mass is 9.99. The van der Waals surface area contributed by atoms with E-state index in [1.165, 1.54) is 21.5 Å². The van der Waals surface area contributed by atoms with E-state index >= 15 is 0 Å². The van der Waals surface area contributed by atoms with Crippen LogP contribution in [0.1, 0.15) is 32.6 Å². The zero-order chi connectivity index (χ0) is 21.4. The molecule has 0 radical (unpaired) electrons. The standard InChI is InChI=1S/C25H24N2O3S/c28-25(26-14-12-19-6-1-3-8-22(19)17-26)21-10-5-11-24(16-21)31(29,30)27-15-13-20-7-2-4-9-23(20)18-27/h1-11,16H,12-15,17-18H2. The highest BCUT2D eigenvalue weighted by Gasteiger charge is 2.29. The summed E-state index contributed by atoms with van der Waals surface area (Å²) in [5.41, 5.74) is 5.07. The van der Waals surface area contributed by atoms with Crippen molar-refractivity contribution in [1.82, 2.24) is 9.21 Å². The molecule has 0 N–H and O–H groups in total. The molecule has 0 spiro atoms. The van der Waals surface area contributed by atoms with Crippen LogP contribution in [-0.4, -0.2) is 36.6 Å². The van der Waals surface area contributed by atoms with E-state index in [4.69, 9.17) is 0 Å². The van der Waals surface area contributed by atoms with Gasteiger partial charge in [-0.2, -0.15) is 4.31 Å². The fourth-order valence-electron chi connectivity index (χ4n) is 4.47. The van der Waals surface area contributed by atoms with E-state index < -0.39 is 10.0 Å². The lowest BCUT2D eigenvalue weighted by molar-refractivity contribution is 0.0734. The van der Waals surface area contributed by atoms with Gasteiger partial charge in [0, 0.05) is 31.7 Å². The maximum absolute atomic E-state index is 13.3. The minimum absolute atomic E-state index is 0.129. The maximum Gasteiger partial charge on any atom is 0.254 e. The molecule has 1 amide bonds. The Morgan fingerprint density at radius 3 is 2.03 bits per heavy atom. The Balaban J connectivity index is 1.38. The SMILES string of the molecule is O=C(c1cccc(S(=O)(=O)N2CCc3ccccc3C2)c1)N1CCc2ccccc2C1. The minimum Gasteiger partial charge on any atom is -0.334 e. The average molecular weight is 433 g/mol. The van der Waals surface area contributed by atoms with Gasteiger partial charge in [-0.1, -0.05) is 54.6 Å². The molecular weight excluding hydrogens is 408 g/mol. The van der Waals surface area contributed by atoms with Gasteiger partial charge in [0.1, 0.15) is 0 Å². The van der Waals surface area contributed by atoms with Crippen LogP contribution in [0.5, 0.6) is 0 Å². The number of amides is 1. The fourth-order valence-corrected chi connectivity index (χ4v) is 5.93. The molecule has 2 aliphatic heterocycles. The first-order valence-electron chi connectivity index (χ1n) is 10.6. The molecule has 0 unspecified atom stereocenters. The Bertz CT molecular complexity index is 1250. The number of sulfonamides is 1. The lowest BCUT2D eigenvalue weighted by Crippen LogP contribution is -2.37. The van der Waals surface area contributed by atoms with Crippen LogP contribution in [0, 0.1) is 0 Å². The first-order chi connectivity index (χ1) is 15.0. The van der Waals surface area contributed by atoms with Gasteiger partial charge in [-0.25, -0.2) is 8.42 Å². The van der Waals surface area contributed by atoms with E-state index in [-0.39, 0.29) is 10.8 Å². The highest BCUT2D eigenvalue weighted by Crippen LogP contribution is 2.26. The number of nitrogens with zero attached hydrogens (tertiary/aromatic N) is 2. The summed E-state index contributed by atoms with van der Waals surface area (Å²) in [5.74, 6) is -0.129. The quantitative estimate of drug-likeness (QED) is 0.635. The Hall–Kier alpha value is -2.96. The molecule has 0 saturated carbocycles. The van der Waals surface area contributed by atoms with Crippen molar-refractivity contribution in [3.8, 4) is 0 Å². The molecule has 0 aromatic heterocycles. The molecule has 3 aromatic rings. The fraction of sp³-hybridized carbons (Fsp3) is 0.240. The van der Waals surface area contributed by atoms with Crippen molar-refractivity contribution in [2.45, 2.75) is 30.8 Å². The molecule has 5 nitrogen and oxygen atoms in total. The van der Waals surface area contributed by atoms with Crippen molar-refractivity contribution in [3.63, 3.8) is 0 Å². The van der Waals surface area contributed by atoms with Crippen molar-refractivity contribution in [3.05, 3.63) is 101 Å². The number of carbonyl (C=O) groups is 1. The normalized spacial score (nSPS) is 16.5. The van der Waals surface area contributed by atoms with Crippen LogP contribution in [0.4, 0.5) is 0 Å². The molecular formula is C25H24N2O3S. The summed E-state index contributed by atoms with van der Waals surface area (Å²) in [6.45, 7) is 1.99. The monoisotopic (exact) mass is 432 g/mol. The largest absolute Gasteiger partial charge is 0.334 e. The van der Waals surface area contributed by atoms with Crippen molar-refractivity contribution >= 4 is 15.9 Å². The summed E-state index contributed by atoms with van der Waals surface area (Å²) < 4.78 is 28.1. The van der Waals surface area contributed by atoms with E-state index in [0.717, 1.165) is 17.5 Å². The molecule has 6 heteroatoms. The molecule has 2 aliphatic rings. The van der Waals surface area contributed by atoms with E-state index in [0.29, 0.717) is 38.2 Å². The third-order valence-electron chi connectivity index (χ3n) is 6.23. The Kier molecular flexibility index (Phi) is 5.12. The number of fused-ring (bicyclic) bond motifs is 2. The lowest BCUT2D eigenvalue weighted by Gasteiger charge is -2.29. The Morgan fingerprint density at radius 1 is 0.710 bits per heavy atom. The molecule has 0 fully saturated rings. The first-order valence-corrected chi connectivity index (χ1v) is 12.0. The number of hydrogen-bond acceptors (Lipinski definition) is 3. The van der Waals surface area contributed by atoms with Gasteiger partial charge < -0.3 is 4.90 Å². The minimum atomic E-state index is -3.68. The van der Waals surface area contributed by atoms with Crippen LogP contribution in [0.2, 0.25) is 0 Å². The summed E-state index contributed by atoms with van der Waals surface area (Å²) in [6, 6.07) is 22.6. The summed E-state index contributed by atoms with van der Waals surface area (Å²) in [5, 5.41) is 0. The van der Waals surface area contributed by atoms with E-state index in [1.54, 1.807) is 23.1 Å². The highest BCUT2D eigenvalue weighted by molar-refractivity contribution is 7.89. The average Bonchev–Trinajstić information content (AvgIpc) is 2.83. The summed E-state index contributed by atoms with van der Waals surface area (Å²) in [7, 11) is -3.68. The smallest absolute Gasteiger partial charge is 0.254 e. The zero-order valence-electron chi connectivity index (χ0n) is 17.2. The van der Waals surface area contributed by atoms with Crippen molar-refractivity contribution in [2.75, 3.05) is 13.1 Å².